The lowest BCUT2D eigenvalue weighted by molar-refractivity contribution is 0.415. The third kappa shape index (κ3) is 2.04. The van der Waals surface area contributed by atoms with Gasteiger partial charge in [0.05, 0.1) is 13.2 Å². The van der Waals surface area contributed by atoms with E-state index in [4.69, 9.17) is 16.3 Å². The van der Waals surface area contributed by atoms with E-state index in [1.165, 1.54) is 11.1 Å². The van der Waals surface area contributed by atoms with Gasteiger partial charge in [-0.05, 0) is 35.7 Å². The fraction of sp³-hybridized carbons (Fsp3) is 0.200. The first kappa shape index (κ1) is 11.4. The third-order valence-corrected chi connectivity index (χ3v) is 3.60. The van der Waals surface area contributed by atoms with Crippen LogP contribution in [-0.4, -0.2) is 7.11 Å². The number of benzene rings is 2. The zero-order valence-electron chi connectivity index (χ0n) is 10.1. The minimum Gasteiger partial charge on any atom is -0.497 e. The molecule has 1 aliphatic rings. The molecule has 0 fully saturated rings. The summed E-state index contributed by atoms with van der Waals surface area (Å²) < 4.78 is 5.24. The predicted molar refractivity (Wildman–Crippen MR) is 74.5 cm³/mol. The van der Waals surface area contributed by atoms with Crippen LogP contribution in [0.15, 0.2) is 42.5 Å². The van der Waals surface area contributed by atoms with Crippen molar-refractivity contribution in [1.29, 1.82) is 0 Å². The Labute approximate surface area is 112 Å². The minimum absolute atomic E-state index is 0.323. The molecule has 92 valence electrons. The summed E-state index contributed by atoms with van der Waals surface area (Å²) in [4.78, 5) is 0. The number of hydrogen-bond acceptors (Lipinski definition) is 2. The van der Waals surface area contributed by atoms with Crippen molar-refractivity contribution in [2.24, 2.45) is 0 Å². The number of nitrogens with one attached hydrogen (secondary N) is 1. The monoisotopic (exact) mass is 259 g/mol. The standard InChI is InChI=1S/C15H14ClNO/c1-18-13-7-4-11-8-14(17-15(11)9-13)10-2-5-12(16)6-3-10/h2-7,9,14,17H,8H2,1H3. The Hall–Kier alpha value is -1.67. The summed E-state index contributed by atoms with van der Waals surface area (Å²) in [5, 5.41) is 4.30. The topological polar surface area (TPSA) is 21.3 Å². The first-order valence-corrected chi connectivity index (χ1v) is 6.33. The summed E-state index contributed by atoms with van der Waals surface area (Å²) in [5.74, 6) is 0.887. The van der Waals surface area contributed by atoms with E-state index in [1.807, 2.05) is 24.3 Å². The van der Waals surface area contributed by atoms with E-state index < -0.39 is 0 Å². The van der Waals surface area contributed by atoms with E-state index >= 15 is 0 Å². The molecule has 0 radical (unpaired) electrons. The Morgan fingerprint density at radius 3 is 2.67 bits per heavy atom. The van der Waals surface area contributed by atoms with Crippen molar-refractivity contribution in [1.82, 2.24) is 0 Å². The molecule has 1 unspecified atom stereocenters. The number of methoxy groups -OCH3 is 1. The van der Waals surface area contributed by atoms with Crippen LogP contribution in [0, 0.1) is 0 Å². The molecule has 3 heteroatoms. The molecule has 2 aromatic carbocycles. The summed E-state index contributed by atoms with van der Waals surface area (Å²) in [6.45, 7) is 0. The smallest absolute Gasteiger partial charge is 0.120 e. The van der Waals surface area contributed by atoms with Crippen LogP contribution in [-0.2, 0) is 6.42 Å². The summed E-state index contributed by atoms with van der Waals surface area (Å²) in [6.07, 6.45) is 1.00. The lowest BCUT2D eigenvalue weighted by Crippen LogP contribution is -2.05. The van der Waals surface area contributed by atoms with E-state index in [-0.39, 0.29) is 0 Å². The molecule has 0 saturated carbocycles. The summed E-state index contributed by atoms with van der Waals surface area (Å²) in [7, 11) is 1.69. The average molecular weight is 260 g/mol. The van der Waals surface area contributed by atoms with Gasteiger partial charge in [0.15, 0.2) is 0 Å². The van der Waals surface area contributed by atoms with Crippen LogP contribution in [0.5, 0.6) is 5.75 Å². The maximum Gasteiger partial charge on any atom is 0.120 e. The van der Waals surface area contributed by atoms with Gasteiger partial charge in [-0.2, -0.15) is 0 Å². The van der Waals surface area contributed by atoms with Gasteiger partial charge in [0.1, 0.15) is 5.75 Å². The second-order valence-corrected chi connectivity index (χ2v) is 4.91. The van der Waals surface area contributed by atoms with Gasteiger partial charge in [0.25, 0.3) is 0 Å². The van der Waals surface area contributed by atoms with Crippen molar-refractivity contribution in [3.8, 4) is 5.75 Å². The van der Waals surface area contributed by atoms with E-state index in [2.05, 4.69) is 23.5 Å². The van der Waals surface area contributed by atoms with Gasteiger partial charge < -0.3 is 10.1 Å². The number of anilines is 1. The Balaban J connectivity index is 1.86. The number of rotatable bonds is 2. The van der Waals surface area contributed by atoms with Crippen LogP contribution >= 0.6 is 11.6 Å². The molecule has 1 N–H and O–H groups in total. The van der Waals surface area contributed by atoms with Crippen molar-refractivity contribution < 1.29 is 4.74 Å². The molecule has 18 heavy (non-hydrogen) atoms. The average Bonchev–Trinajstić information content (AvgIpc) is 2.82. The van der Waals surface area contributed by atoms with Gasteiger partial charge in [-0.1, -0.05) is 29.8 Å². The highest BCUT2D eigenvalue weighted by atomic mass is 35.5. The molecule has 0 saturated heterocycles. The molecule has 2 nitrogen and oxygen atoms in total. The number of fused-ring (bicyclic) bond motifs is 1. The van der Waals surface area contributed by atoms with Crippen LogP contribution in [0.3, 0.4) is 0 Å². The SMILES string of the molecule is COc1ccc2c(c1)NC(c1ccc(Cl)cc1)C2. The fourth-order valence-electron chi connectivity index (χ4n) is 2.35. The number of halogens is 1. The molecule has 0 aliphatic carbocycles. The largest absolute Gasteiger partial charge is 0.497 e. The molecule has 2 aromatic rings. The van der Waals surface area contributed by atoms with Crippen LogP contribution in [0.2, 0.25) is 5.02 Å². The van der Waals surface area contributed by atoms with Gasteiger partial charge in [0.2, 0.25) is 0 Å². The molecule has 0 spiro atoms. The van der Waals surface area contributed by atoms with Crippen molar-refractivity contribution in [3.05, 3.63) is 58.6 Å². The van der Waals surface area contributed by atoms with E-state index in [0.717, 1.165) is 22.9 Å². The van der Waals surface area contributed by atoms with E-state index in [0.29, 0.717) is 6.04 Å². The summed E-state index contributed by atoms with van der Waals surface area (Å²) >= 11 is 5.91. The first-order valence-electron chi connectivity index (χ1n) is 5.95. The van der Waals surface area contributed by atoms with Gasteiger partial charge in [-0.3, -0.25) is 0 Å². The van der Waals surface area contributed by atoms with E-state index in [9.17, 15) is 0 Å². The Morgan fingerprint density at radius 2 is 1.94 bits per heavy atom. The molecule has 0 bridgehead atoms. The summed E-state index contributed by atoms with van der Waals surface area (Å²) in [6, 6.07) is 14.5. The highest BCUT2D eigenvalue weighted by Crippen LogP contribution is 2.36. The fourth-order valence-corrected chi connectivity index (χ4v) is 2.48. The minimum atomic E-state index is 0.323. The van der Waals surface area contributed by atoms with Crippen molar-refractivity contribution in [2.45, 2.75) is 12.5 Å². The molecule has 1 aliphatic heterocycles. The molecule has 1 atom stereocenters. The lowest BCUT2D eigenvalue weighted by atomic mass is 10.0. The van der Waals surface area contributed by atoms with Crippen molar-refractivity contribution >= 4 is 17.3 Å². The number of hydrogen-bond donors (Lipinski definition) is 1. The van der Waals surface area contributed by atoms with Crippen molar-refractivity contribution in [3.63, 3.8) is 0 Å². The second-order valence-electron chi connectivity index (χ2n) is 4.48. The molecule has 1 heterocycles. The Morgan fingerprint density at radius 1 is 1.17 bits per heavy atom. The van der Waals surface area contributed by atoms with Gasteiger partial charge >= 0.3 is 0 Å². The Bertz CT molecular complexity index is 565. The predicted octanol–water partition coefficient (Wildman–Crippen LogP) is 4.06. The maximum absolute atomic E-state index is 5.91. The van der Waals surface area contributed by atoms with Crippen LogP contribution < -0.4 is 10.1 Å². The van der Waals surface area contributed by atoms with Gasteiger partial charge in [-0.25, -0.2) is 0 Å². The maximum atomic E-state index is 5.91. The number of ether oxygens (including phenoxy) is 1. The molecular formula is C15H14ClNO. The van der Waals surface area contributed by atoms with Crippen molar-refractivity contribution in [2.75, 3.05) is 12.4 Å². The Kier molecular flexibility index (Phi) is 2.88. The molecular weight excluding hydrogens is 246 g/mol. The second kappa shape index (κ2) is 4.54. The van der Waals surface area contributed by atoms with Gasteiger partial charge in [0, 0.05) is 16.8 Å². The van der Waals surface area contributed by atoms with Crippen LogP contribution in [0.1, 0.15) is 17.2 Å². The third-order valence-electron chi connectivity index (χ3n) is 3.34. The molecule has 0 amide bonds. The highest BCUT2D eigenvalue weighted by molar-refractivity contribution is 6.30. The molecule has 0 aromatic heterocycles. The van der Waals surface area contributed by atoms with Crippen LogP contribution in [0.25, 0.3) is 0 Å². The highest BCUT2D eigenvalue weighted by Gasteiger charge is 2.22. The summed E-state index contributed by atoms with van der Waals surface area (Å²) in [5.41, 5.74) is 3.75. The normalized spacial score (nSPS) is 17.1. The lowest BCUT2D eigenvalue weighted by Gasteiger charge is -2.11. The zero-order chi connectivity index (χ0) is 12.5. The quantitative estimate of drug-likeness (QED) is 0.878. The van der Waals surface area contributed by atoms with Crippen LogP contribution in [0.4, 0.5) is 5.69 Å². The molecule has 3 rings (SSSR count). The first-order chi connectivity index (χ1) is 8.76. The van der Waals surface area contributed by atoms with Gasteiger partial charge in [-0.15, -0.1) is 0 Å². The zero-order valence-corrected chi connectivity index (χ0v) is 10.9. The van der Waals surface area contributed by atoms with E-state index in [1.54, 1.807) is 7.11 Å².